The molecular formula is C20H21N7O2. The Morgan fingerprint density at radius 2 is 2.03 bits per heavy atom. The topological polar surface area (TPSA) is 104 Å². The van der Waals surface area contributed by atoms with Crippen LogP contribution in [0, 0.1) is 13.8 Å². The van der Waals surface area contributed by atoms with Crippen LogP contribution in [0.25, 0.3) is 0 Å². The van der Waals surface area contributed by atoms with Gasteiger partial charge in [-0.15, -0.1) is 5.10 Å². The van der Waals surface area contributed by atoms with Gasteiger partial charge in [-0.05, 0) is 26.3 Å². The number of aryl methyl sites for hydroxylation is 1. The fourth-order valence-corrected chi connectivity index (χ4v) is 3.05. The van der Waals surface area contributed by atoms with E-state index in [0.717, 1.165) is 11.3 Å². The summed E-state index contributed by atoms with van der Waals surface area (Å²) in [6.07, 6.45) is 3.42. The number of rotatable bonds is 6. The van der Waals surface area contributed by atoms with Crippen molar-refractivity contribution in [2.75, 3.05) is 5.32 Å². The number of nitrogens with one attached hydrogen (secondary N) is 1. The standard InChI is InChI=1S/C20H21N7O2/c1-13-9-18(29-24-13)12-27-15(3)19(23-25-27)20(28)22-17-10-21-26(11-17)14(2)16-7-5-4-6-8-16/h4-11,14H,12H2,1-3H3,(H,22,28). The summed E-state index contributed by atoms with van der Waals surface area (Å²) in [4.78, 5) is 12.7. The third kappa shape index (κ3) is 3.93. The second-order valence-corrected chi connectivity index (χ2v) is 6.87. The first-order valence-corrected chi connectivity index (χ1v) is 9.24. The summed E-state index contributed by atoms with van der Waals surface area (Å²) in [6.45, 7) is 6.05. The molecule has 9 nitrogen and oxygen atoms in total. The van der Waals surface area contributed by atoms with Crippen LogP contribution in [-0.4, -0.2) is 35.8 Å². The maximum Gasteiger partial charge on any atom is 0.278 e. The predicted molar refractivity (Wildman–Crippen MR) is 106 cm³/mol. The van der Waals surface area contributed by atoms with E-state index in [1.807, 2.05) is 43.3 Å². The maximum absolute atomic E-state index is 12.7. The van der Waals surface area contributed by atoms with Gasteiger partial charge in [0.1, 0.15) is 6.54 Å². The van der Waals surface area contributed by atoms with Gasteiger partial charge < -0.3 is 9.84 Å². The molecule has 9 heteroatoms. The number of anilines is 1. The zero-order valence-electron chi connectivity index (χ0n) is 16.4. The molecule has 1 unspecified atom stereocenters. The molecule has 0 aliphatic rings. The van der Waals surface area contributed by atoms with E-state index in [1.165, 1.54) is 0 Å². The predicted octanol–water partition coefficient (Wildman–Crippen LogP) is 2.99. The van der Waals surface area contributed by atoms with E-state index in [-0.39, 0.29) is 17.6 Å². The van der Waals surface area contributed by atoms with Gasteiger partial charge in [-0.2, -0.15) is 5.10 Å². The number of hydrogen-bond donors (Lipinski definition) is 1. The Labute approximate surface area is 167 Å². The Kier molecular flexibility index (Phi) is 4.94. The van der Waals surface area contributed by atoms with Crippen molar-refractivity contribution in [3.63, 3.8) is 0 Å². The minimum absolute atomic E-state index is 0.0508. The smallest absolute Gasteiger partial charge is 0.278 e. The lowest BCUT2D eigenvalue weighted by Crippen LogP contribution is -2.14. The van der Waals surface area contributed by atoms with Crippen molar-refractivity contribution in [1.82, 2.24) is 29.9 Å². The summed E-state index contributed by atoms with van der Waals surface area (Å²) in [7, 11) is 0. The lowest BCUT2D eigenvalue weighted by molar-refractivity contribution is 0.102. The number of nitrogens with zero attached hydrogens (tertiary/aromatic N) is 6. The molecule has 0 fully saturated rings. The van der Waals surface area contributed by atoms with Crippen LogP contribution < -0.4 is 5.32 Å². The molecule has 0 radical (unpaired) electrons. The normalized spacial score (nSPS) is 12.1. The molecular weight excluding hydrogens is 370 g/mol. The molecule has 148 valence electrons. The van der Waals surface area contributed by atoms with Gasteiger partial charge in [0.15, 0.2) is 11.5 Å². The molecule has 3 heterocycles. The van der Waals surface area contributed by atoms with Crippen LogP contribution in [-0.2, 0) is 6.54 Å². The second-order valence-electron chi connectivity index (χ2n) is 6.87. The van der Waals surface area contributed by atoms with Crippen molar-refractivity contribution in [2.45, 2.75) is 33.4 Å². The molecule has 4 rings (SSSR count). The van der Waals surface area contributed by atoms with Crippen LogP contribution in [0.1, 0.15) is 46.2 Å². The summed E-state index contributed by atoms with van der Waals surface area (Å²) in [6, 6.07) is 11.9. The van der Waals surface area contributed by atoms with Crippen molar-refractivity contribution >= 4 is 11.6 Å². The van der Waals surface area contributed by atoms with Gasteiger partial charge in [0.05, 0.1) is 29.3 Å². The van der Waals surface area contributed by atoms with E-state index in [1.54, 1.807) is 28.7 Å². The van der Waals surface area contributed by atoms with Crippen LogP contribution in [0.15, 0.2) is 53.3 Å². The number of benzene rings is 1. The molecule has 0 saturated carbocycles. The summed E-state index contributed by atoms with van der Waals surface area (Å²) < 4.78 is 8.61. The SMILES string of the molecule is Cc1cc(Cn2nnc(C(=O)Nc3cnn(C(C)c4ccccc4)c3)c2C)on1. The van der Waals surface area contributed by atoms with Crippen molar-refractivity contribution < 1.29 is 9.32 Å². The molecule has 1 amide bonds. The number of amides is 1. The second kappa shape index (κ2) is 7.70. The lowest BCUT2D eigenvalue weighted by Gasteiger charge is -2.12. The van der Waals surface area contributed by atoms with Gasteiger partial charge in [-0.3, -0.25) is 9.48 Å². The lowest BCUT2D eigenvalue weighted by atomic mass is 10.1. The first-order valence-electron chi connectivity index (χ1n) is 9.24. The van der Waals surface area contributed by atoms with E-state index in [2.05, 4.69) is 32.8 Å². The van der Waals surface area contributed by atoms with Gasteiger partial charge in [-0.1, -0.05) is 40.7 Å². The van der Waals surface area contributed by atoms with Crippen LogP contribution in [0.4, 0.5) is 5.69 Å². The number of aromatic nitrogens is 6. The molecule has 29 heavy (non-hydrogen) atoms. The minimum atomic E-state index is -0.339. The highest BCUT2D eigenvalue weighted by molar-refractivity contribution is 6.03. The highest BCUT2D eigenvalue weighted by Gasteiger charge is 2.19. The average Bonchev–Trinajstić information content (AvgIpc) is 3.44. The first-order chi connectivity index (χ1) is 14.0. The van der Waals surface area contributed by atoms with Crippen LogP contribution in [0.3, 0.4) is 0 Å². The summed E-state index contributed by atoms with van der Waals surface area (Å²) >= 11 is 0. The van der Waals surface area contributed by atoms with E-state index in [9.17, 15) is 4.79 Å². The van der Waals surface area contributed by atoms with Gasteiger partial charge >= 0.3 is 0 Å². The Hall–Kier alpha value is -3.75. The number of carbonyl (C=O) groups is 1. The average molecular weight is 391 g/mol. The molecule has 0 aliphatic heterocycles. The highest BCUT2D eigenvalue weighted by atomic mass is 16.5. The van der Waals surface area contributed by atoms with Gasteiger partial charge in [-0.25, -0.2) is 4.68 Å². The molecule has 0 bridgehead atoms. The van der Waals surface area contributed by atoms with Crippen LogP contribution >= 0.6 is 0 Å². The Bertz CT molecular complexity index is 1130. The van der Waals surface area contributed by atoms with E-state index < -0.39 is 0 Å². The molecule has 1 aromatic carbocycles. The largest absolute Gasteiger partial charge is 0.359 e. The molecule has 1 N–H and O–H groups in total. The van der Waals surface area contributed by atoms with E-state index in [0.29, 0.717) is 23.7 Å². The van der Waals surface area contributed by atoms with Crippen molar-refractivity contribution in [2.24, 2.45) is 0 Å². The number of carbonyl (C=O) groups excluding carboxylic acids is 1. The fraction of sp³-hybridized carbons (Fsp3) is 0.250. The fourth-order valence-electron chi connectivity index (χ4n) is 3.05. The highest BCUT2D eigenvalue weighted by Crippen LogP contribution is 2.19. The van der Waals surface area contributed by atoms with Gasteiger partial charge in [0.2, 0.25) is 0 Å². The molecule has 4 aromatic rings. The van der Waals surface area contributed by atoms with Crippen molar-refractivity contribution in [3.8, 4) is 0 Å². The minimum Gasteiger partial charge on any atom is -0.359 e. The van der Waals surface area contributed by atoms with E-state index in [4.69, 9.17) is 4.52 Å². The number of hydrogen-bond acceptors (Lipinski definition) is 6. The first kappa shape index (κ1) is 18.6. The van der Waals surface area contributed by atoms with Crippen molar-refractivity contribution in [1.29, 1.82) is 0 Å². The summed E-state index contributed by atoms with van der Waals surface area (Å²) in [5, 5.41) is 19.1. The Balaban J connectivity index is 1.45. The molecule has 1 atom stereocenters. The molecule has 3 aromatic heterocycles. The molecule has 0 saturated heterocycles. The van der Waals surface area contributed by atoms with Gasteiger partial charge in [0.25, 0.3) is 5.91 Å². The van der Waals surface area contributed by atoms with E-state index >= 15 is 0 Å². The zero-order chi connectivity index (χ0) is 20.4. The third-order valence-corrected chi connectivity index (χ3v) is 4.72. The summed E-state index contributed by atoms with van der Waals surface area (Å²) in [5.41, 5.74) is 3.41. The Morgan fingerprint density at radius 3 is 2.76 bits per heavy atom. The maximum atomic E-state index is 12.7. The summed E-state index contributed by atoms with van der Waals surface area (Å²) in [5.74, 6) is 0.313. The van der Waals surface area contributed by atoms with Crippen LogP contribution in [0.2, 0.25) is 0 Å². The Morgan fingerprint density at radius 1 is 1.24 bits per heavy atom. The van der Waals surface area contributed by atoms with Gasteiger partial charge in [0, 0.05) is 12.3 Å². The van der Waals surface area contributed by atoms with Crippen molar-refractivity contribution in [3.05, 3.63) is 77.2 Å². The van der Waals surface area contributed by atoms with Crippen LogP contribution in [0.5, 0.6) is 0 Å². The quantitative estimate of drug-likeness (QED) is 0.542. The third-order valence-electron chi connectivity index (χ3n) is 4.72. The zero-order valence-corrected chi connectivity index (χ0v) is 16.4. The molecule has 0 spiro atoms. The monoisotopic (exact) mass is 391 g/mol. The molecule has 0 aliphatic carbocycles.